The van der Waals surface area contributed by atoms with Gasteiger partial charge in [0.25, 0.3) is 0 Å². The van der Waals surface area contributed by atoms with E-state index in [1.54, 1.807) is 0 Å². The number of rotatable bonds is 0. The van der Waals surface area contributed by atoms with Crippen molar-refractivity contribution in [3.05, 3.63) is 0 Å². The third-order valence-electron chi connectivity index (χ3n) is 11.0. The first-order valence-corrected chi connectivity index (χ1v) is 11.5. The standard InChI is InChI=1S/C24H29NO5/c1-21-6-4-14(26)19-20(29)12(9-23(19,21)11-25)17-13-3-7-24(8-5-16(28)30-24)22(13,2)10-15(27)18(17)21/h12-13,15,17-19,27H,3-10H2,1-2H3/t12-,13?,15?,17?,18?,19+,21?,22?,23+,24-/m1/s1. The Hall–Kier alpha value is -1.74. The van der Waals surface area contributed by atoms with Gasteiger partial charge in [-0.05, 0) is 61.7 Å². The number of nitriles is 1. The van der Waals surface area contributed by atoms with E-state index in [0.29, 0.717) is 38.5 Å². The molecule has 6 fully saturated rings. The molecular weight excluding hydrogens is 382 g/mol. The van der Waals surface area contributed by atoms with Gasteiger partial charge in [-0.15, -0.1) is 0 Å². The van der Waals surface area contributed by atoms with Gasteiger partial charge in [0.15, 0.2) is 0 Å². The summed E-state index contributed by atoms with van der Waals surface area (Å²) in [6, 6.07) is 2.47. The molecule has 5 aliphatic carbocycles. The number of carbonyl (C=O) groups excluding carboxylic acids is 3. The zero-order valence-corrected chi connectivity index (χ0v) is 17.6. The van der Waals surface area contributed by atoms with Crippen molar-refractivity contribution in [2.45, 2.75) is 76.9 Å². The zero-order chi connectivity index (χ0) is 21.3. The number of hydrogen-bond acceptors (Lipinski definition) is 6. The SMILES string of the molecule is CC12CC(O)C3C(C1CC[C@@]21CCC(=O)O1)[C@H]1C[C@]2(C#N)[C@@H](C(=O)CCC32C)C1=O. The van der Waals surface area contributed by atoms with Gasteiger partial charge in [0, 0.05) is 24.2 Å². The molecule has 5 saturated carbocycles. The van der Waals surface area contributed by atoms with Crippen molar-refractivity contribution in [1.82, 2.24) is 0 Å². The smallest absolute Gasteiger partial charge is 0.306 e. The Balaban J connectivity index is 1.52. The zero-order valence-electron chi connectivity index (χ0n) is 17.6. The molecule has 0 aromatic heterocycles. The number of ketones is 2. The minimum atomic E-state index is -0.976. The normalized spacial score (nSPS) is 58.4. The first-order chi connectivity index (χ1) is 14.1. The largest absolute Gasteiger partial charge is 0.458 e. The molecule has 1 aliphatic heterocycles. The molecular formula is C24H29NO5. The summed E-state index contributed by atoms with van der Waals surface area (Å²) in [6.45, 7) is 4.21. The second-order valence-corrected chi connectivity index (χ2v) is 11.5. The monoisotopic (exact) mass is 411 g/mol. The van der Waals surface area contributed by atoms with Gasteiger partial charge < -0.3 is 9.84 Å². The topological polar surface area (TPSA) is 104 Å². The molecule has 30 heavy (non-hydrogen) atoms. The molecule has 0 aromatic rings. The van der Waals surface area contributed by atoms with Gasteiger partial charge in [-0.25, -0.2) is 0 Å². The summed E-state index contributed by atoms with van der Waals surface area (Å²) in [5.74, 6) is -1.52. The summed E-state index contributed by atoms with van der Waals surface area (Å²) in [6.07, 6.45) is 3.95. The Kier molecular flexibility index (Phi) is 3.39. The second kappa shape index (κ2) is 5.35. The first-order valence-electron chi connectivity index (χ1n) is 11.5. The van der Waals surface area contributed by atoms with Crippen LogP contribution in [0.3, 0.4) is 0 Å². The highest BCUT2D eigenvalue weighted by atomic mass is 16.6. The van der Waals surface area contributed by atoms with E-state index in [0.717, 1.165) is 12.8 Å². The highest BCUT2D eigenvalue weighted by Crippen LogP contribution is 2.76. The number of aliphatic hydroxyl groups excluding tert-OH is 1. The molecule has 6 nitrogen and oxygen atoms in total. The van der Waals surface area contributed by atoms with E-state index < -0.39 is 28.5 Å². The molecule has 10 atom stereocenters. The van der Waals surface area contributed by atoms with Crippen LogP contribution in [0.4, 0.5) is 0 Å². The number of fused-ring (bicyclic) bond motifs is 7. The van der Waals surface area contributed by atoms with E-state index in [-0.39, 0.29) is 46.6 Å². The maximum atomic E-state index is 13.6. The van der Waals surface area contributed by atoms with E-state index in [2.05, 4.69) is 19.9 Å². The molecule has 6 aliphatic rings. The number of esters is 1. The van der Waals surface area contributed by atoms with Crippen LogP contribution in [0.1, 0.15) is 65.2 Å². The number of nitrogens with zero attached hydrogens (tertiary/aromatic N) is 1. The molecule has 6 heteroatoms. The number of Topliss-reactive ketones (excluding diaryl/α,β-unsaturated/α-hetero) is 2. The van der Waals surface area contributed by atoms with Gasteiger partial charge in [0.05, 0.1) is 23.5 Å². The van der Waals surface area contributed by atoms with Crippen molar-refractivity contribution in [2.24, 2.45) is 45.8 Å². The van der Waals surface area contributed by atoms with Crippen molar-refractivity contribution in [3.63, 3.8) is 0 Å². The Morgan fingerprint density at radius 1 is 1.07 bits per heavy atom. The van der Waals surface area contributed by atoms with Crippen LogP contribution in [0.2, 0.25) is 0 Å². The highest BCUT2D eigenvalue weighted by molar-refractivity contribution is 6.07. The first kappa shape index (κ1) is 19.0. The summed E-state index contributed by atoms with van der Waals surface area (Å²) < 4.78 is 5.94. The molecule has 0 radical (unpaired) electrons. The number of hydrogen-bond donors (Lipinski definition) is 1. The summed E-state index contributed by atoms with van der Waals surface area (Å²) in [7, 11) is 0. The lowest BCUT2D eigenvalue weighted by Crippen LogP contribution is -2.65. The third kappa shape index (κ3) is 1.74. The minimum absolute atomic E-state index is 0.0488. The summed E-state index contributed by atoms with van der Waals surface area (Å²) >= 11 is 0. The van der Waals surface area contributed by atoms with Crippen molar-refractivity contribution in [2.75, 3.05) is 0 Å². The predicted octanol–water partition coefficient (Wildman–Crippen LogP) is 2.57. The third-order valence-corrected chi connectivity index (χ3v) is 11.0. The number of carbonyl (C=O) groups is 3. The van der Waals surface area contributed by atoms with Crippen LogP contribution >= 0.6 is 0 Å². The Labute approximate surface area is 176 Å². The molecule has 6 unspecified atom stereocenters. The van der Waals surface area contributed by atoms with Crippen molar-refractivity contribution in [3.8, 4) is 6.07 Å². The second-order valence-electron chi connectivity index (χ2n) is 11.5. The Bertz CT molecular complexity index is 938. The van der Waals surface area contributed by atoms with E-state index in [1.807, 2.05) is 0 Å². The van der Waals surface area contributed by atoms with E-state index in [1.165, 1.54) is 0 Å². The summed E-state index contributed by atoms with van der Waals surface area (Å²) in [5, 5.41) is 21.9. The van der Waals surface area contributed by atoms with Crippen molar-refractivity contribution >= 4 is 17.5 Å². The maximum absolute atomic E-state index is 13.6. The van der Waals surface area contributed by atoms with Gasteiger partial charge >= 0.3 is 5.97 Å². The van der Waals surface area contributed by atoms with Gasteiger partial charge in [-0.1, -0.05) is 13.8 Å². The molecule has 0 amide bonds. The fourth-order valence-corrected chi connectivity index (χ4v) is 9.73. The molecule has 1 spiro atoms. The minimum Gasteiger partial charge on any atom is -0.458 e. The van der Waals surface area contributed by atoms with E-state index in [9.17, 15) is 24.8 Å². The molecule has 6 rings (SSSR count). The molecule has 1 N–H and O–H groups in total. The van der Waals surface area contributed by atoms with Crippen LogP contribution in [-0.2, 0) is 19.1 Å². The average molecular weight is 411 g/mol. The lowest BCUT2D eigenvalue weighted by atomic mass is 9.39. The quantitative estimate of drug-likeness (QED) is 0.485. The van der Waals surface area contributed by atoms with Crippen LogP contribution in [0.15, 0.2) is 0 Å². The van der Waals surface area contributed by atoms with Gasteiger partial charge in [-0.2, -0.15) is 5.26 Å². The summed E-state index contributed by atoms with van der Waals surface area (Å²) in [4.78, 5) is 38.5. The average Bonchev–Trinajstić information content (AvgIpc) is 3.31. The Morgan fingerprint density at radius 3 is 2.50 bits per heavy atom. The lowest BCUT2D eigenvalue weighted by Gasteiger charge is -2.64. The van der Waals surface area contributed by atoms with E-state index in [4.69, 9.17) is 4.74 Å². The fourth-order valence-electron chi connectivity index (χ4n) is 9.73. The molecule has 2 bridgehead atoms. The molecule has 1 heterocycles. The van der Waals surface area contributed by atoms with Crippen LogP contribution in [0.5, 0.6) is 0 Å². The molecule has 0 aromatic carbocycles. The predicted molar refractivity (Wildman–Crippen MR) is 103 cm³/mol. The van der Waals surface area contributed by atoms with Gasteiger partial charge in [-0.3, -0.25) is 14.4 Å². The lowest BCUT2D eigenvalue weighted by molar-refractivity contribution is -0.213. The van der Waals surface area contributed by atoms with Crippen LogP contribution in [0.25, 0.3) is 0 Å². The van der Waals surface area contributed by atoms with Gasteiger partial charge in [0.2, 0.25) is 0 Å². The van der Waals surface area contributed by atoms with Crippen LogP contribution in [0, 0.1) is 57.2 Å². The Morgan fingerprint density at radius 2 is 1.83 bits per heavy atom. The fraction of sp³-hybridized carbons (Fsp3) is 0.833. The summed E-state index contributed by atoms with van der Waals surface area (Å²) in [5.41, 5.74) is -2.44. The van der Waals surface area contributed by atoms with Crippen molar-refractivity contribution in [1.29, 1.82) is 5.26 Å². The number of aliphatic hydroxyl groups is 1. The highest BCUT2D eigenvalue weighted by Gasteiger charge is 2.79. The molecule has 1 saturated heterocycles. The van der Waals surface area contributed by atoms with Gasteiger partial charge in [0.1, 0.15) is 17.2 Å². The van der Waals surface area contributed by atoms with Crippen LogP contribution < -0.4 is 0 Å². The molecule has 160 valence electrons. The number of ether oxygens (including phenoxy) is 1. The van der Waals surface area contributed by atoms with Crippen molar-refractivity contribution < 1.29 is 24.2 Å². The van der Waals surface area contributed by atoms with E-state index >= 15 is 0 Å². The maximum Gasteiger partial charge on any atom is 0.306 e. The van der Waals surface area contributed by atoms with Crippen LogP contribution in [-0.4, -0.2) is 34.3 Å².